The number of benzene rings is 1. The second-order valence-corrected chi connectivity index (χ2v) is 4.34. The van der Waals surface area contributed by atoms with Crippen LogP contribution in [-0.4, -0.2) is 22.0 Å². The highest BCUT2D eigenvalue weighted by Crippen LogP contribution is 2.13. The number of carbonyl (C=O) groups excluding carboxylic acids is 2. The zero-order valence-corrected chi connectivity index (χ0v) is 11.0. The minimum atomic E-state index is -0.514. The van der Waals surface area contributed by atoms with Crippen LogP contribution in [0.2, 0.25) is 0 Å². The van der Waals surface area contributed by atoms with Crippen molar-refractivity contribution in [3.8, 4) is 0 Å². The summed E-state index contributed by atoms with van der Waals surface area (Å²) in [6.07, 6.45) is 1.80. The van der Waals surface area contributed by atoms with Crippen molar-refractivity contribution in [1.29, 1.82) is 0 Å². The van der Waals surface area contributed by atoms with E-state index in [9.17, 15) is 9.59 Å². The molecule has 2 rings (SSSR count). The molecular weight excluding hydrogens is 256 g/mol. The first kappa shape index (κ1) is 13.8. The van der Waals surface area contributed by atoms with E-state index in [2.05, 4.69) is 15.5 Å². The van der Waals surface area contributed by atoms with Crippen LogP contribution < -0.4 is 11.1 Å². The number of primary amides is 1. The molecule has 0 aliphatic rings. The molecule has 1 aromatic carbocycles. The molecule has 1 heterocycles. The Hall–Kier alpha value is -2.63. The molecule has 4 N–H and O–H groups in total. The van der Waals surface area contributed by atoms with Crippen molar-refractivity contribution in [2.75, 3.05) is 5.32 Å². The third-order valence-corrected chi connectivity index (χ3v) is 2.71. The van der Waals surface area contributed by atoms with Crippen molar-refractivity contribution < 1.29 is 9.59 Å². The van der Waals surface area contributed by atoms with Gasteiger partial charge in [-0.15, -0.1) is 0 Å². The fourth-order valence-corrected chi connectivity index (χ4v) is 1.78. The SMILES string of the molecule is Cc1cc(NC(=O)C[CH]c2ccccc2C(N)=O)n[nH]1. The maximum absolute atomic E-state index is 11.8. The standard InChI is InChI=1S/C14H15N4O2/c1-9-8-12(18-17-9)16-13(19)7-6-10-4-2-3-5-11(10)14(15)20/h2-6,8H,7H2,1H3,(H2,15,20)(H2,16,17,18,19). The molecule has 0 atom stereocenters. The number of amides is 2. The summed E-state index contributed by atoms with van der Waals surface area (Å²) in [5.74, 6) is -0.250. The number of aryl methyl sites for hydroxylation is 1. The lowest BCUT2D eigenvalue weighted by molar-refractivity contribution is -0.115. The average molecular weight is 271 g/mol. The Morgan fingerprint density at radius 1 is 1.40 bits per heavy atom. The molecule has 0 unspecified atom stereocenters. The van der Waals surface area contributed by atoms with Gasteiger partial charge in [-0.2, -0.15) is 5.10 Å². The topological polar surface area (TPSA) is 101 Å². The highest BCUT2D eigenvalue weighted by atomic mass is 16.2. The molecule has 1 aromatic heterocycles. The van der Waals surface area contributed by atoms with Gasteiger partial charge in [-0.3, -0.25) is 14.7 Å². The first-order chi connectivity index (χ1) is 9.56. The van der Waals surface area contributed by atoms with Crippen molar-refractivity contribution in [3.63, 3.8) is 0 Å². The van der Waals surface area contributed by atoms with Crippen LogP contribution in [0.1, 0.15) is 28.0 Å². The molecular formula is C14H15N4O2. The summed E-state index contributed by atoms with van der Waals surface area (Å²) in [7, 11) is 0. The van der Waals surface area contributed by atoms with Gasteiger partial charge >= 0.3 is 0 Å². The van der Waals surface area contributed by atoms with Gasteiger partial charge in [0.25, 0.3) is 0 Å². The number of hydrogen-bond acceptors (Lipinski definition) is 3. The highest BCUT2D eigenvalue weighted by molar-refractivity contribution is 5.96. The van der Waals surface area contributed by atoms with Crippen LogP contribution in [0.15, 0.2) is 30.3 Å². The van der Waals surface area contributed by atoms with E-state index in [1.807, 2.05) is 6.92 Å². The number of H-pyrrole nitrogens is 1. The first-order valence-corrected chi connectivity index (χ1v) is 6.10. The van der Waals surface area contributed by atoms with E-state index in [4.69, 9.17) is 5.73 Å². The molecule has 0 spiro atoms. The predicted octanol–water partition coefficient (Wildman–Crippen LogP) is 1.40. The maximum atomic E-state index is 11.8. The van der Waals surface area contributed by atoms with Crippen molar-refractivity contribution in [2.24, 2.45) is 5.73 Å². The van der Waals surface area contributed by atoms with Crippen molar-refractivity contribution in [3.05, 3.63) is 53.6 Å². The zero-order chi connectivity index (χ0) is 14.5. The van der Waals surface area contributed by atoms with E-state index in [1.54, 1.807) is 36.8 Å². The maximum Gasteiger partial charge on any atom is 0.248 e. The zero-order valence-electron chi connectivity index (χ0n) is 11.0. The van der Waals surface area contributed by atoms with E-state index in [-0.39, 0.29) is 12.3 Å². The summed E-state index contributed by atoms with van der Waals surface area (Å²) in [5.41, 5.74) is 7.18. The van der Waals surface area contributed by atoms with Crippen LogP contribution >= 0.6 is 0 Å². The molecule has 20 heavy (non-hydrogen) atoms. The monoisotopic (exact) mass is 271 g/mol. The summed E-state index contributed by atoms with van der Waals surface area (Å²) >= 11 is 0. The van der Waals surface area contributed by atoms with Crippen molar-refractivity contribution in [2.45, 2.75) is 13.3 Å². The van der Waals surface area contributed by atoms with Gasteiger partial charge in [0, 0.05) is 30.2 Å². The Balaban J connectivity index is 1.95. The molecule has 0 fully saturated rings. The summed E-state index contributed by atoms with van der Waals surface area (Å²) in [5, 5.41) is 9.30. The molecule has 2 aromatic rings. The largest absolute Gasteiger partial charge is 0.366 e. The van der Waals surface area contributed by atoms with Crippen LogP contribution in [0, 0.1) is 13.3 Å². The third-order valence-electron chi connectivity index (χ3n) is 2.71. The number of nitrogens with zero attached hydrogens (tertiary/aromatic N) is 1. The molecule has 0 aliphatic carbocycles. The van der Waals surface area contributed by atoms with Crippen LogP contribution in [0.5, 0.6) is 0 Å². The minimum absolute atomic E-state index is 0.135. The molecule has 2 amide bonds. The smallest absolute Gasteiger partial charge is 0.248 e. The van der Waals surface area contributed by atoms with Gasteiger partial charge in [0.1, 0.15) is 0 Å². The summed E-state index contributed by atoms with van der Waals surface area (Å²) in [6.45, 7) is 1.85. The van der Waals surface area contributed by atoms with Crippen molar-refractivity contribution in [1.82, 2.24) is 10.2 Å². The van der Waals surface area contributed by atoms with Crippen molar-refractivity contribution >= 4 is 17.6 Å². The van der Waals surface area contributed by atoms with E-state index in [1.165, 1.54) is 0 Å². The molecule has 0 bridgehead atoms. The lowest BCUT2D eigenvalue weighted by Crippen LogP contribution is -2.15. The van der Waals surface area contributed by atoms with Crippen LogP contribution in [0.25, 0.3) is 0 Å². The van der Waals surface area contributed by atoms with Gasteiger partial charge in [-0.25, -0.2) is 0 Å². The Morgan fingerprint density at radius 2 is 2.15 bits per heavy atom. The lowest BCUT2D eigenvalue weighted by Gasteiger charge is -2.05. The van der Waals surface area contributed by atoms with Crippen LogP contribution in [0.4, 0.5) is 5.82 Å². The molecule has 6 nitrogen and oxygen atoms in total. The van der Waals surface area contributed by atoms with E-state index in [0.29, 0.717) is 16.9 Å². The fourth-order valence-electron chi connectivity index (χ4n) is 1.78. The molecule has 0 saturated carbocycles. The summed E-state index contributed by atoms with van der Waals surface area (Å²) in [4.78, 5) is 23.0. The number of carbonyl (C=O) groups is 2. The normalized spacial score (nSPS) is 10.2. The molecule has 0 saturated heterocycles. The van der Waals surface area contributed by atoms with Gasteiger partial charge in [-0.1, -0.05) is 18.2 Å². The number of aromatic amines is 1. The van der Waals surface area contributed by atoms with E-state index < -0.39 is 5.91 Å². The number of hydrogen-bond donors (Lipinski definition) is 3. The fraction of sp³-hybridized carbons (Fsp3) is 0.143. The van der Waals surface area contributed by atoms with Gasteiger partial charge in [0.15, 0.2) is 5.82 Å². The second kappa shape index (κ2) is 6.01. The van der Waals surface area contributed by atoms with Gasteiger partial charge in [0.2, 0.25) is 11.8 Å². The average Bonchev–Trinajstić information content (AvgIpc) is 2.82. The quantitative estimate of drug-likeness (QED) is 0.766. The first-order valence-electron chi connectivity index (χ1n) is 6.10. The summed E-state index contributed by atoms with van der Waals surface area (Å²) < 4.78 is 0. The minimum Gasteiger partial charge on any atom is -0.366 e. The van der Waals surface area contributed by atoms with E-state index >= 15 is 0 Å². The predicted molar refractivity (Wildman–Crippen MR) is 74.9 cm³/mol. The third kappa shape index (κ3) is 3.44. The van der Waals surface area contributed by atoms with Gasteiger partial charge in [-0.05, 0) is 18.6 Å². The Bertz CT molecular complexity index is 634. The Labute approximate surface area is 116 Å². The van der Waals surface area contributed by atoms with Crippen LogP contribution in [0.3, 0.4) is 0 Å². The Morgan fingerprint density at radius 3 is 2.80 bits per heavy atom. The number of rotatable bonds is 5. The Kier molecular flexibility index (Phi) is 4.14. The van der Waals surface area contributed by atoms with Gasteiger partial charge in [0.05, 0.1) is 0 Å². The van der Waals surface area contributed by atoms with Gasteiger partial charge < -0.3 is 11.1 Å². The summed E-state index contributed by atoms with van der Waals surface area (Å²) in [6, 6.07) is 8.61. The second-order valence-electron chi connectivity index (χ2n) is 4.34. The number of nitrogens with one attached hydrogen (secondary N) is 2. The van der Waals surface area contributed by atoms with E-state index in [0.717, 1.165) is 5.69 Å². The lowest BCUT2D eigenvalue weighted by atomic mass is 10.0. The number of anilines is 1. The number of nitrogens with two attached hydrogens (primary N) is 1. The highest BCUT2D eigenvalue weighted by Gasteiger charge is 2.10. The molecule has 6 heteroatoms. The molecule has 1 radical (unpaired) electrons. The number of aromatic nitrogens is 2. The molecule has 103 valence electrons. The molecule has 0 aliphatic heterocycles. The van der Waals surface area contributed by atoms with Crippen LogP contribution in [-0.2, 0) is 4.79 Å².